The van der Waals surface area contributed by atoms with E-state index in [1.807, 2.05) is 0 Å². The monoisotopic (exact) mass is 291 g/mol. The molecule has 0 aliphatic rings. The van der Waals surface area contributed by atoms with E-state index in [0.717, 1.165) is 0 Å². The van der Waals surface area contributed by atoms with E-state index in [1.165, 1.54) is 21.3 Å². The second-order valence-corrected chi connectivity index (χ2v) is 3.68. The molecular weight excluding hydrogens is 278 g/mol. The molecule has 8 heteroatoms. The number of esters is 1. The zero-order valence-electron chi connectivity index (χ0n) is 11.7. The lowest BCUT2D eigenvalue weighted by atomic mass is 10.2. The quantitative estimate of drug-likeness (QED) is 0.764. The van der Waals surface area contributed by atoms with Gasteiger partial charge in [0.25, 0.3) is 0 Å². The van der Waals surface area contributed by atoms with Crippen molar-refractivity contribution in [2.75, 3.05) is 21.3 Å². The Morgan fingerprint density at radius 1 is 0.905 bits per heavy atom. The predicted molar refractivity (Wildman–Crippen MR) is 70.8 cm³/mol. The smallest absolute Gasteiger partial charge is 0.341 e. The third kappa shape index (κ3) is 3.35. The summed E-state index contributed by atoms with van der Waals surface area (Å²) >= 11 is 0. The molecule has 0 saturated carbocycles. The number of ether oxygens (including phenoxy) is 4. The Kier molecular flexibility index (Phi) is 4.50. The molecule has 1 aromatic carbocycles. The van der Waals surface area contributed by atoms with E-state index in [4.69, 9.17) is 14.2 Å². The van der Waals surface area contributed by atoms with Crippen LogP contribution in [0.3, 0.4) is 0 Å². The van der Waals surface area contributed by atoms with Crippen LogP contribution < -0.4 is 14.2 Å². The Hall–Kier alpha value is -2.90. The van der Waals surface area contributed by atoms with Crippen molar-refractivity contribution in [2.24, 2.45) is 0 Å². The molecule has 0 radical (unpaired) electrons. The average molecular weight is 291 g/mol. The van der Waals surface area contributed by atoms with Crippen molar-refractivity contribution in [3.8, 4) is 23.8 Å². The van der Waals surface area contributed by atoms with E-state index in [9.17, 15) is 4.79 Å². The molecule has 0 aliphatic carbocycles. The van der Waals surface area contributed by atoms with Gasteiger partial charge in [0.05, 0.1) is 21.3 Å². The second-order valence-electron chi connectivity index (χ2n) is 3.68. The van der Waals surface area contributed by atoms with E-state index < -0.39 is 5.97 Å². The van der Waals surface area contributed by atoms with Gasteiger partial charge in [-0.2, -0.15) is 0 Å². The lowest BCUT2D eigenvalue weighted by Crippen LogP contribution is -2.05. The molecule has 1 heterocycles. The van der Waals surface area contributed by atoms with Gasteiger partial charge in [-0.25, -0.2) is 4.79 Å². The molecule has 2 aromatic rings. The molecule has 0 unspecified atom stereocenters. The van der Waals surface area contributed by atoms with Crippen LogP contribution in [0.5, 0.6) is 23.8 Å². The van der Waals surface area contributed by atoms with Crippen LogP contribution >= 0.6 is 0 Å². The van der Waals surface area contributed by atoms with Gasteiger partial charge in [0.15, 0.2) is 0 Å². The molecule has 0 bridgehead atoms. The fourth-order valence-corrected chi connectivity index (χ4v) is 1.48. The Morgan fingerprint density at radius 2 is 1.48 bits per heavy atom. The number of nitrogens with zero attached hydrogens (tertiary/aromatic N) is 3. The molecule has 0 fully saturated rings. The number of carbonyl (C=O) groups excluding carboxylic acids is 1. The van der Waals surface area contributed by atoms with Crippen LogP contribution in [0.15, 0.2) is 24.3 Å². The van der Waals surface area contributed by atoms with Gasteiger partial charge in [-0.05, 0) is 12.1 Å². The maximum absolute atomic E-state index is 11.7. The van der Waals surface area contributed by atoms with Gasteiger partial charge in [0, 0.05) is 0 Å². The highest BCUT2D eigenvalue weighted by molar-refractivity contribution is 5.92. The molecule has 8 nitrogen and oxygen atoms in total. The second kappa shape index (κ2) is 6.51. The minimum atomic E-state index is -0.529. The SMILES string of the molecule is COC(=O)c1ccccc1Oc1nc(OC)nc(OC)n1. The summed E-state index contributed by atoms with van der Waals surface area (Å²) in [7, 11) is 4.09. The first kappa shape index (κ1) is 14.5. The summed E-state index contributed by atoms with van der Waals surface area (Å²) in [5.74, 6) is -0.279. The van der Waals surface area contributed by atoms with Crippen LogP contribution in [0.2, 0.25) is 0 Å². The maximum atomic E-state index is 11.7. The maximum Gasteiger partial charge on any atom is 0.341 e. The predicted octanol–water partition coefficient (Wildman–Crippen LogP) is 1.47. The van der Waals surface area contributed by atoms with Gasteiger partial charge in [-0.15, -0.1) is 15.0 Å². The minimum absolute atomic E-state index is 0.0346. The van der Waals surface area contributed by atoms with Gasteiger partial charge >= 0.3 is 24.0 Å². The van der Waals surface area contributed by atoms with Crippen LogP contribution in [-0.2, 0) is 4.74 Å². The van der Waals surface area contributed by atoms with E-state index >= 15 is 0 Å². The summed E-state index contributed by atoms with van der Waals surface area (Å²) in [6, 6.07) is 6.56. The van der Waals surface area contributed by atoms with Crippen LogP contribution in [0.4, 0.5) is 0 Å². The lowest BCUT2D eigenvalue weighted by molar-refractivity contribution is 0.0597. The first-order valence-electron chi connectivity index (χ1n) is 5.87. The molecule has 0 saturated heterocycles. The van der Waals surface area contributed by atoms with Crippen molar-refractivity contribution in [3.63, 3.8) is 0 Å². The Bertz CT molecular complexity index is 625. The molecule has 0 amide bonds. The standard InChI is InChI=1S/C13H13N3O5/c1-18-10(17)8-6-4-5-7-9(8)21-13-15-11(19-2)14-12(16-13)20-3/h4-7H,1-3H3. The van der Waals surface area contributed by atoms with Gasteiger partial charge in [0.2, 0.25) is 0 Å². The van der Waals surface area contributed by atoms with Gasteiger partial charge in [-0.3, -0.25) is 0 Å². The largest absolute Gasteiger partial charge is 0.467 e. The number of aromatic nitrogens is 3. The van der Waals surface area contributed by atoms with Gasteiger partial charge in [-0.1, -0.05) is 12.1 Å². The van der Waals surface area contributed by atoms with Crippen LogP contribution in [0.25, 0.3) is 0 Å². The number of carbonyl (C=O) groups is 1. The Morgan fingerprint density at radius 3 is 2.05 bits per heavy atom. The first-order valence-corrected chi connectivity index (χ1v) is 5.87. The van der Waals surface area contributed by atoms with Crippen molar-refractivity contribution >= 4 is 5.97 Å². The molecule has 21 heavy (non-hydrogen) atoms. The summed E-state index contributed by atoms with van der Waals surface area (Å²) in [5.41, 5.74) is 0.248. The van der Waals surface area contributed by atoms with Crippen LogP contribution in [-0.4, -0.2) is 42.3 Å². The number of rotatable bonds is 5. The fraction of sp³-hybridized carbons (Fsp3) is 0.231. The fourth-order valence-electron chi connectivity index (χ4n) is 1.48. The minimum Gasteiger partial charge on any atom is -0.467 e. The van der Waals surface area contributed by atoms with Crippen LogP contribution in [0, 0.1) is 0 Å². The highest BCUT2D eigenvalue weighted by Gasteiger charge is 2.15. The first-order chi connectivity index (χ1) is 10.2. The van der Waals surface area contributed by atoms with Crippen molar-refractivity contribution < 1.29 is 23.7 Å². The highest BCUT2D eigenvalue weighted by Crippen LogP contribution is 2.25. The summed E-state index contributed by atoms with van der Waals surface area (Å²) in [6.45, 7) is 0. The molecule has 0 spiro atoms. The zero-order valence-corrected chi connectivity index (χ0v) is 11.7. The summed E-state index contributed by atoms with van der Waals surface area (Å²) in [4.78, 5) is 23.4. The van der Waals surface area contributed by atoms with Gasteiger partial charge in [0.1, 0.15) is 11.3 Å². The van der Waals surface area contributed by atoms with E-state index in [1.54, 1.807) is 24.3 Å². The molecule has 110 valence electrons. The van der Waals surface area contributed by atoms with Crippen molar-refractivity contribution in [3.05, 3.63) is 29.8 Å². The number of hydrogen-bond donors (Lipinski definition) is 0. The highest BCUT2D eigenvalue weighted by atomic mass is 16.5. The lowest BCUT2D eigenvalue weighted by Gasteiger charge is -2.09. The number of para-hydroxylation sites is 1. The van der Waals surface area contributed by atoms with E-state index in [2.05, 4.69) is 19.7 Å². The molecule has 0 aliphatic heterocycles. The molecule has 2 rings (SSSR count). The molecule has 0 atom stereocenters. The Balaban J connectivity index is 2.36. The zero-order chi connectivity index (χ0) is 15.2. The average Bonchev–Trinajstić information content (AvgIpc) is 2.54. The van der Waals surface area contributed by atoms with E-state index in [-0.39, 0.29) is 29.3 Å². The summed E-state index contributed by atoms with van der Waals surface area (Å²) in [5, 5.41) is 0. The van der Waals surface area contributed by atoms with Crippen molar-refractivity contribution in [1.82, 2.24) is 15.0 Å². The number of hydrogen-bond acceptors (Lipinski definition) is 8. The number of benzene rings is 1. The molecule has 0 N–H and O–H groups in total. The number of methoxy groups -OCH3 is 3. The topological polar surface area (TPSA) is 92.7 Å². The van der Waals surface area contributed by atoms with Crippen molar-refractivity contribution in [1.29, 1.82) is 0 Å². The van der Waals surface area contributed by atoms with Crippen molar-refractivity contribution in [2.45, 2.75) is 0 Å². The summed E-state index contributed by atoms with van der Waals surface area (Å²) in [6.07, 6.45) is 0. The Labute approximate surface area is 120 Å². The molecular formula is C13H13N3O5. The third-order valence-electron chi connectivity index (χ3n) is 2.43. The van der Waals surface area contributed by atoms with Crippen LogP contribution in [0.1, 0.15) is 10.4 Å². The third-order valence-corrected chi connectivity index (χ3v) is 2.43. The normalized spacial score (nSPS) is 9.86. The van der Waals surface area contributed by atoms with E-state index in [0.29, 0.717) is 0 Å². The summed E-state index contributed by atoms with van der Waals surface area (Å²) < 4.78 is 20.0. The van der Waals surface area contributed by atoms with Gasteiger partial charge < -0.3 is 18.9 Å². The molecule has 1 aromatic heterocycles.